The summed E-state index contributed by atoms with van der Waals surface area (Å²) in [5.74, 6) is -0.0911. The molecule has 0 atom stereocenters. The molecule has 0 radical (unpaired) electrons. The lowest BCUT2D eigenvalue weighted by atomic mass is 10.1. The lowest BCUT2D eigenvalue weighted by molar-refractivity contribution is -0.115. The molecule has 0 saturated heterocycles. The first-order valence-corrected chi connectivity index (χ1v) is 13.4. The molecule has 39 heavy (non-hydrogen) atoms. The molecule has 1 amide bonds. The Labute approximate surface area is 227 Å². The average Bonchev–Trinajstić information content (AvgIpc) is 3.73. The van der Waals surface area contributed by atoms with Gasteiger partial charge in [0.15, 0.2) is 5.65 Å². The van der Waals surface area contributed by atoms with Crippen LogP contribution in [0.25, 0.3) is 54.9 Å². The summed E-state index contributed by atoms with van der Waals surface area (Å²) in [4.78, 5) is 26.3. The Kier molecular flexibility index (Phi) is 5.71. The third-order valence-electron chi connectivity index (χ3n) is 6.69. The van der Waals surface area contributed by atoms with Gasteiger partial charge in [0, 0.05) is 50.3 Å². The van der Waals surface area contributed by atoms with Crippen LogP contribution in [-0.4, -0.2) is 31.1 Å². The number of carbonyl (C=O) groups excluding carboxylic acids is 1. The van der Waals surface area contributed by atoms with Gasteiger partial charge in [0.1, 0.15) is 5.69 Å². The highest BCUT2D eigenvalue weighted by Crippen LogP contribution is 2.36. The van der Waals surface area contributed by atoms with Crippen molar-refractivity contribution in [3.63, 3.8) is 0 Å². The van der Waals surface area contributed by atoms with Crippen LogP contribution in [0.5, 0.6) is 0 Å². The number of rotatable bonds is 6. The van der Waals surface area contributed by atoms with Crippen molar-refractivity contribution < 1.29 is 4.79 Å². The second-order valence-electron chi connectivity index (χ2n) is 9.29. The summed E-state index contributed by atoms with van der Waals surface area (Å²) in [7, 11) is 0. The number of nitrogens with zero attached hydrogens (tertiary/aromatic N) is 3. The van der Waals surface area contributed by atoms with Gasteiger partial charge in [-0.3, -0.25) is 14.9 Å². The molecule has 7 nitrogen and oxygen atoms in total. The lowest BCUT2D eigenvalue weighted by Crippen LogP contribution is -2.14. The summed E-state index contributed by atoms with van der Waals surface area (Å²) in [5, 5.41) is 14.8. The molecular formula is C31H22N6OS. The number of pyridine rings is 2. The second kappa shape index (κ2) is 9.66. The first kappa shape index (κ1) is 23.1. The summed E-state index contributed by atoms with van der Waals surface area (Å²) in [5.41, 5.74) is 8.00. The zero-order valence-corrected chi connectivity index (χ0v) is 21.5. The molecule has 7 aromatic rings. The van der Waals surface area contributed by atoms with Gasteiger partial charge in [-0.05, 0) is 41.3 Å². The van der Waals surface area contributed by atoms with E-state index in [4.69, 9.17) is 0 Å². The van der Waals surface area contributed by atoms with Gasteiger partial charge in [-0.2, -0.15) is 5.10 Å². The van der Waals surface area contributed by atoms with E-state index in [1.807, 2.05) is 36.4 Å². The maximum atomic E-state index is 12.6. The van der Waals surface area contributed by atoms with E-state index < -0.39 is 0 Å². The zero-order valence-electron chi connectivity index (χ0n) is 20.7. The minimum atomic E-state index is -0.0911. The van der Waals surface area contributed by atoms with E-state index in [0.717, 1.165) is 44.4 Å². The average molecular weight is 527 g/mol. The quantitative estimate of drug-likeness (QED) is 0.216. The molecule has 0 aliphatic rings. The number of thiophene rings is 1. The van der Waals surface area contributed by atoms with Gasteiger partial charge in [-0.25, -0.2) is 4.98 Å². The highest BCUT2D eigenvalue weighted by atomic mass is 32.1. The van der Waals surface area contributed by atoms with Gasteiger partial charge in [0.25, 0.3) is 0 Å². The van der Waals surface area contributed by atoms with Crippen LogP contribution in [0.2, 0.25) is 0 Å². The summed E-state index contributed by atoms with van der Waals surface area (Å²) in [6.45, 7) is 0. The van der Waals surface area contributed by atoms with Crippen LogP contribution in [0, 0.1) is 0 Å². The SMILES string of the molecule is O=C(Cc1ccccc1)Nc1cncc(-c2cnc3[nH]nc(-c4cc5c(-c6cccs6)cccc5[nH]4)c3c2)c1. The molecule has 0 bridgehead atoms. The number of amides is 1. The van der Waals surface area contributed by atoms with Gasteiger partial charge in [0.05, 0.1) is 24.0 Å². The molecule has 3 N–H and O–H groups in total. The van der Waals surface area contributed by atoms with Crippen molar-refractivity contribution in [1.29, 1.82) is 0 Å². The van der Waals surface area contributed by atoms with E-state index in [1.54, 1.807) is 29.9 Å². The van der Waals surface area contributed by atoms with Gasteiger partial charge in [-0.1, -0.05) is 48.5 Å². The Morgan fingerprint density at radius 2 is 1.77 bits per heavy atom. The fourth-order valence-electron chi connectivity index (χ4n) is 4.85. The van der Waals surface area contributed by atoms with E-state index in [2.05, 4.69) is 78.3 Å². The summed E-state index contributed by atoms with van der Waals surface area (Å²) >= 11 is 1.73. The largest absolute Gasteiger partial charge is 0.353 e. The molecule has 5 aromatic heterocycles. The Balaban J connectivity index is 1.21. The summed E-state index contributed by atoms with van der Waals surface area (Å²) in [6.07, 6.45) is 5.51. The van der Waals surface area contributed by atoms with E-state index in [9.17, 15) is 4.79 Å². The Morgan fingerprint density at radius 3 is 2.64 bits per heavy atom. The predicted octanol–water partition coefficient (Wildman–Crippen LogP) is 7.08. The van der Waals surface area contributed by atoms with Crippen molar-refractivity contribution in [2.75, 3.05) is 5.32 Å². The number of hydrogen-bond acceptors (Lipinski definition) is 5. The molecule has 7 rings (SSSR count). The van der Waals surface area contributed by atoms with Gasteiger partial charge in [0.2, 0.25) is 5.91 Å². The number of hydrogen-bond donors (Lipinski definition) is 3. The number of anilines is 1. The molecule has 8 heteroatoms. The number of benzene rings is 2. The molecule has 5 heterocycles. The molecule has 0 spiro atoms. The van der Waals surface area contributed by atoms with Crippen LogP contribution in [0.4, 0.5) is 5.69 Å². The molecule has 188 valence electrons. The van der Waals surface area contributed by atoms with Crippen molar-refractivity contribution >= 4 is 44.9 Å². The fraction of sp³-hybridized carbons (Fsp3) is 0.0323. The minimum Gasteiger partial charge on any atom is -0.353 e. The van der Waals surface area contributed by atoms with Crippen molar-refractivity contribution in [2.24, 2.45) is 0 Å². The smallest absolute Gasteiger partial charge is 0.228 e. The van der Waals surface area contributed by atoms with Crippen molar-refractivity contribution in [2.45, 2.75) is 6.42 Å². The molecule has 0 aliphatic carbocycles. The summed E-state index contributed by atoms with van der Waals surface area (Å²) in [6, 6.07) is 26.3. The van der Waals surface area contributed by atoms with Crippen LogP contribution >= 0.6 is 11.3 Å². The minimum absolute atomic E-state index is 0.0911. The Hall–Kier alpha value is -5.08. The molecule has 0 unspecified atom stereocenters. The van der Waals surface area contributed by atoms with E-state index in [0.29, 0.717) is 17.8 Å². The maximum Gasteiger partial charge on any atom is 0.228 e. The summed E-state index contributed by atoms with van der Waals surface area (Å²) < 4.78 is 0. The molecular weight excluding hydrogens is 504 g/mol. The zero-order chi connectivity index (χ0) is 26.2. The number of H-pyrrole nitrogens is 2. The monoisotopic (exact) mass is 526 g/mol. The number of nitrogens with one attached hydrogen (secondary N) is 3. The predicted molar refractivity (Wildman–Crippen MR) is 157 cm³/mol. The second-order valence-corrected chi connectivity index (χ2v) is 10.2. The maximum absolute atomic E-state index is 12.6. The normalized spacial score (nSPS) is 11.3. The van der Waals surface area contributed by atoms with Crippen LogP contribution in [-0.2, 0) is 11.2 Å². The van der Waals surface area contributed by atoms with Crippen LogP contribution in [0.15, 0.2) is 103 Å². The number of aromatic nitrogens is 5. The molecule has 0 aliphatic heterocycles. The standard InChI is InChI=1S/C31H22N6OS/c38-29(12-19-6-2-1-3-7-19)34-22-13-20(16-32-18-22)21-14-25-30(36-37-31(25)33-17-21)27-15-24-23(28-10-5-11-39-28)8-4-9-26(24)35-27/h1-11,13-18,35H,12H2,(H,34,38)(H,33,36,37). The van der Waals surface area contributed by atoms with Crippen molar-refractivity contribution in [3.8, 4) is 33.0 Å². The Bertz CT molecular complexity index is 1940. The highest BCUT2D eigenvalue weighted by molar-refractivity contribution is 7.13. The third-order valence-corrected chi connectivity index (χ3v) is 7.59. The van der Waals surface area contributed by atoms with E-state index >= 15 is 0 Å². The number of carbonyl (C=O) groups is 1. The Morgan fingerprint density at radius 1 is 0.872 bits per heavy atom. The van der Waals surface area contributed by atoms with Crippen molar-refractivity contribution in [1.82, 2.24) is 25.1 Å². The fourth-order valence-corrected chi connectivity index (χ4v) is 5.61. The van der Waals surface area contributed by atoms with Gasteiger partial charge >= 0.3 is 0 Å². The lowest BCUT2D eigenvalue weighted by Gasteiger charge is -2.07. The number of fused-ring (bicyclic) bond motifs is 2. The van der Waals surface area contributed by atoms with Crippen molar-refractivity contribution in [3.05, 3.63) is 108 Å². The first-order chi connectivity index (χ1) is 19.2. The van der Waals surface area contributed by atoms with Crippen LogP contribution in [0.3, 0.4) is 0 Å². The third kappa shape index (κ3) is 4.47. The topological polar surface area (TPSA) is 99.3 Å². The molecule has 0 fully saturated rings. The van der Waals surface area contributed by atoms with E-state index in [-0.39, 0.29) is 5.91 Å². The number of aromatic amines is 2. The van der Waals surface area contributed by atoms with Crippen LogP contribution in [0.1, 0.15) is 5.56 Å². The van der Waals surface area contributed by atoms with Crippen LogP contribution < -0.4 is 5.32 Å². The molecule has 2 aromatic carbocycles. The first-order valence-electron chi connectivity index (χ1n) is 12.5. The van der Waals surface area contributed by atoms with Gasteiger partial charge in [-0.15, -0.1) is 11.3 Å². The van der Waals surface area contributed by atoms with E-state index in [1.165, 1.54) is 10.4 Å². The highest BCUT2D eigenvalue weighted by Gasteiger charge is 2.15. The molecule has 0 saturated carbocycles. The van der Waals surface area contributed by atoms with Gasteiger partial charge < -0.3 is 10.3 Å².